The zero-order valence-electron chi connectivity index (χ0n) is 10.8. The standard InChI is InChI=1S/C13H24N2S/c1-12(2,6-4-8-14)10-15-11-13(3)7-5-9-16-13/h15H,4-7,9-11H2,1-3H3. The summed E-state index contributed by atoms with van der Waals surface area (Å²) in [6.07, 6.45) is 4.35. The number of nitrogens with zero attached hydrogens (tertiary/aromatic N) is 1. The number of rotatable bonds is 6. The van der Waals surface area contributed by atoms with Gasteiger partial charge in [0, 0.05) is 24.3 Å². The Morgan fingerprint density at radius 3 is 2.81 bits per heavy atom. The third-order valence-electron chi connectivity index (χ3n) is 3.32. The maximum Gasteiger partial charge on any atom is 0.0621 e. The average Bonchev–Trinajstić information content (AvgIpc) is 2.62. The molecule has 1 aliphatic heterocycles. The van der Waals surface area contributed by atoms with E-state index in [0.717, 1.165) is 19.5 Å². The molecular formula is C13H24N2S. The van der Waals surface area contributed by atoms with Crippen LogP contribution in [0, 0.1) is 16.7 Å². The van der Waals surface area contributed by atoms with Crippen molar-refractivity contribution in [3.05, 3.63) is 0 Å². The molecule has 0 aromatic carbocycles. The van der Waals surface area contributed by atoms with Crippen LogP contribution in [0.5, 0.6) is 0 Å². The highest BCUT2D eigenvalue weighted by molar-refractivity contribution is 8.00. The molecule has 3 heteroatoms. The molecule has 16 heavy (non-hydrogen) atoms. The van der Waals surface area contributed by atoms with Crippen molar-refractivity contribution in [3.63, 3.8) is 0 Å². The van der Waals surface area contributed by atoms with E-state index in [1.54, 1.807) is 0 Å². The molecule has 1 heterocycles. The fourth-order valence-corrected chi connectivity index (χ4v) is 3.40. The summed E-state index contributed by atoms with van der Waals surface area (Å²) in [7, 11) is 0. The smallest absolute Gasteiger partial charge is 0.0621 e. The second-order valence-electron chi connectivity index (χ2n) is 5.83. The molecule has 0 radical (unpaired) electrons. The molecule has 0 amide bonds. The first-order valence-electron chi connectivity index (χ1n) is 6.19. The quantitative estimate of drug-likeness (QED) is 0.774. The third kappa shape index (κ3) is 4.76. The van der Waals surface area contributed by atoms with Crippen LogP contribution in [0.3, 0.4) is 0 Å². The Labute approximate surface area is 104 Å². The van der Waals surface area contributed by atoms with E-state index in [2.05, 4.69) is 43.9 Å². The Bertz CT molecular complexity index is 249. The van der Waals surface area contributed by atoms with E-state index < -0.39 is 0 Å². The summed E-state index contributed by atoms with van der Waals surface area (Å²) in [5.41, 5.74) is 0.245. The average molecular weight is 240 g/mol. The van der Waals surface area contributed by atoms with Gasteiger partial charge < -0.3 is 5.32 Å². The molecule has 92 valence electrons. The molecular weight excluding hydrogens is 216 g/mol. The van der Waals surface area contributed by atoms with Crippen LogP contribution < -0.4 is 5.32 Å². The van der Waals surface area contributed by atoms with Gasteiger partial charge in [-0.25, -0.2) is 0 Å². The molecule has 1 rings (SSSR count). The number of hydrogen-bond acceptors (Lipinski definition) is 3. The van der Waals surface area contributed by atoms with Crippen LogP contribution in [0.2, 0.25) is 0 Å². The molecule has 2 nitrogen and oxygen atoms in total. The van der Waals surface area contributed by atoms with Gasteiger partial charge >= 0.3 is 0 Å². The number of hydrogen-bond donors (Lipinski definition) is 1. The van der Waals surface area contributed by atoms with Crippen molar-refractivity contribution in [1.82, 2.24) is 5.32 Å². The summed E-state index contributed by atoms with van der Waals surface area (Å²) >= 11 is 2.10. The lowest BCUT2D eigenvalue weighted by Crippen LogP contribution is -2.38. The van der Waals surface area contributed by atoms with Gasteiger partial charge in [-0.2, -0.15) is 17.0 Å². The molecule has 0 aromatic rings. The molecule has 1 aliphatic rings. The minimum Gasteiger partial charge on any atom is -0.315 e. The van der Waals surface area contributed by atoms with Crippen LogP contribution >= 0.6 is 11.8 Å². The van der Waals surface area contributed by atoms with Crippen molar-refractivity contribution in [2.75, 3.05) is 18.8 Å². The van der Waals surface area contributed by atoms with Gasteiger partial charge in [0.1, 0.15) is 0 Å². The van der Waals surface area contributed by atoms with Crippen LogP contribution in [0.15, 0.2) is 0 Å². The minimum atomic E-state index is 0.245. The van der Waals surface area contributed by atoms with Gasteiger partial charge in [0.2, 0.25) is 0 Å². The Hall–Kier alpha value is -0.200. The van der Waals surface area contributed by atoms with Crippen molar-refractivity contribution < 1.29 is 0 Å². The summed E-state index contributed by atoms with van der Waals surface area (Å²) < 4.78 is 0.450. The molecule has 1 atom stereocenters. The Morgan fingerprint density at radius 1 is 1.50 bits per heavy atom. The minimum absolute atomic E-state index is 0.245. The molecule has 0 spiro atoms. The molecule has 0 saturated carbocycles. The molecule has 0 aromatic heterocycles. The van der Waals surface area contributed by atoms with Crippen LogP contribution in [0.1, 0.15) is 46.5 Å². The summed E-state index contributed by atoms with van der Waals surface area (Å²) in [4.78, 5) is 0. The molecule has 1 fully saturated rings. The molecule has 1 N–H and O–H groups in total. The second-order valence-corrected chi connectivity index (χ2v) is 7.51. The van der Waals surface area contributed by atoms with E-state index in [1.807, 2.05) is 0 Å². The Balaban J connectivity index is 2.21. The topological polar surface area (TPSA) is 35.8 Å². The van der Waals surface area contributed by atoms with E-state index in [4.69, 9.17) is 5.26 Å². The Kier molecular flexibility index (Phi) is 5.14. The fraction of sp³-hybridized carbons (Fsp3) is 0.923. The van der Waals surface area contributed by atoms with Gasteiger partial charge in [-0.1, -0.05) is 13.8 Å². The third-order valence-corrected chi connectivity index (χ3v) is 4.85. The van der Waals surface area contributed by atoms with Gasteiger partial charge in [0.15, 0.2) is 0 Å². The van der Waals surface area contributed by atoms with E-state index in [1.165, 1.54) is 18.6 Å². The maximum atomic E-state index is 8.59. The summed E-state index contributed by atoms with van der Waals surface area (Å²) in [5.74, 6) is 1.32. The normalized spacial score (nSPS) is 25.6. The van der Waals surface area contributed by atoms with Crippen LogP contribution in [-0.2, 0) is 0 Å². The van der Waals surface area contributed by atoms with Crippen LogP contribution in [-0.4, -0.2) is 23.6 Å². The molecule has 1 unspecified atom stereocenters. The highest BCUT2D eigenvalue weighted by atomic mass is 32.2. The van der Waals surface area contributed by atoms with Gasteiger partial charge in [-0.15, -0.1) is 0 Å². The number of nitrogens with one attached hydrogen (secondary N) is 1. The first-order valence-corrected chi connectivity index (χ1v) is 7.18. The first kappa shape index (κ1) is 13.9. The zero-order valence-corrected chi connectivity index (χ0v) is 11.6. The van der Waals surface area contributed by atoms with Gasteiger partial charge in [-0.3, -0.25) is 0 Å². The lowest BCUT2D eigenvalue weighted by atomic mass is 9.88. The van der Waals surface area contributed by atoms with Gasteiger partial charge in [-0.05, 0) is 37.4 Å². The highest BCUT2D eigenvalue weighted by Crippen LogP contribution is 2.37. The lowest BCUT2D eigenvalue weighted by Gasteiger charge is -2.28. The summed E-state index contributed by atoms with van der Waals surface area (Å²) in [5, 5.41) is 12.2. The van der Waals surface area contributed by atoms with Crippen LogP contribution in [0.25, 0.3) is 0 Å². The maximum absolute atomic E-state index is 8.59. The van der Waals surface area contributed by atoms with Gasteiger partial charge in [0.05, 0.1) is 6.07 Å². The zero-order chi connectivity index (χ0) is 12.1. The van der Waals surface area contributed by atoms with Crippen molar-refractivity contribution in [2.45, 2.75) is 51.2 Å². The fourth-order valence-electron chi connectivity index (χ4n) is 2.12. The summed E-state index contributed by atoms with van der Waals surface area (Å²) in [6.45, 7) is 8.96. The predicted octanol–water partition coefficient (Wildman–Crippen LogP) is 3.19. The second kappa shape index (κ2) is 5.93. The summed E-state index contributed by atoms with van der Waals surface area (Å²) in [6, 6.07) is 2.23. The predicted molar refractivity (Wildman–Crippen MR) is 71.6 cm³/mol. The van der Waals surface area contributed by atoms with Crippen molar-refractivity contribution >= 4 is 11.8 Å². The van der Waals surface area contributed by atoms with Gasteiger partial charge in [0.25, 0.3) is 0 Å². The van der Waals surface area contributed by atoms with Crippen molar-refractivity contribution in [3.8, 4) is 6.07 Å². The molecule has 1 saturated heterocycles. The van der Waals surface area contributed by atoms with Crippen molar-refractivity contribution in [1.29, 1.82) is 5.26 Å². The largest absolute Gasteiger partial charge is 0.315 e. The Morgan fingerprint density at radius 2 is 2.25 bits per heavy atom. The number of thioether (sulfide) groups is 1. The van der Waals surface area contributed by atoms with E-state index in [0.29, 0.717) is 11.2 Å². The molecule has 0 bridgehead atoms. The monoisotopic (exact) mass is 240 g/mol. The number of nitriles is 1. The highest BCUT2D eigenvalue weighted by Gasteiger charge is 2.29. The van der Waals surface area contributed by atoms with E-state index in [9.17, 15) is 0 Å². The van der Waals surface area contributed by atoms with Crippen molar-refractivity contribution in [2.24, 2.45) is 5.41 Å². The lowest BCUT2D eigenvalue weighted by molar-refractivity contribution is 0.312. The molecule has 0 aliphatic carbocycles. The first-order chi connectivity index (χ1) is 7.47. The van der Waals surface area contributed by atoms with E-state index >= 15 is 0 Å². The SMILES string of the molecule is CC(C)(CCC#N)CNCC1(C)CCCS1. The van der Waals surface area contributed by atoms with E-state index in [-0.39, 0.29) is 5.41 Å². The van der Waals surface area contributed by atoms with Crippen LogP contribution in [0.4, 0.5) is 0 Å².